The number of hydrogen-bond donors (Lipinski definition) is 0. The smallest absolute Gasteiger partial charge is 0.309 e. The first-order valence-corrected chi connectivity index (χ1v) is 5.24. The van der Waals surface area contributed by atoms with Crippen LogP contribution in [0.2, 0.25) is 0 Å². The van der Waals surface area contributed by atoms with Gasteiger partial charge in [-0.3, -0.25) is 4.79 Å². The molecular formula is C11H16O3. The quantitative estimate of drug-likeness (QED) is 0.391. The lowest BCUT2D eigenvalue weighted by molar-refractivity contribution is -0.147. The van der Waals surface area contributed by atoms with Crippen molar-refractivity contribution < 1.29 is 14.3 Å². The molecule has 1 aliphatic heterocycles. The normalized spacial score (nSPS) is 35.3. The van der Waals surface area contributed by atoms with E-state index in [1.54, 1.807) is 6.08 Å². The number of epoxide rings is 1. The first-order valence-electron chi connectivity index (χ1n) is 5.24. The van der Waals surface area contributed by atoms with Crippen LogP contribution in [0.4, 0.5) is 0 Å². The van der Waals surface area contributed by atoms with Crippen LogP contribution >= 0.6 is 0 Å². The molecule has 0 radical (unpaired) electrons. The van der Waals surface area contributed by atoms with E-state index in [4.69, 9.17) is 9.47 Å². The van der Waals surface area contributed by atoms with Crippen LogP contribution in [0.1, 0.15) is 25.7 Å². The van der Waals surface area contributed by atoms with Crippen LogP contribution in [-0.2, 0) is 14.3 Å². The Bertz CT molecular complexity index is 225. The summed E-state index contributed by atoms with van der Waals surface area (Å²) in [7, 11) is 0. The van der Waals surface area contributed by atoms with Crippen molar-refractivity contribution in [2.45, 2.75) is 37.9 Å². The van der Waals surface area contributed by atoms with E-state index >= 15 is 0 Å². The van der Waals surface area contributed by atoms with Gasteiger partial charge in [-0.05, 0) is 25.7 Å². The van der Waals surface area contributed by atoms with Gasteiger partial charge in [-0.2, -0.15) is 0 Å². The second-order valence-electron chi connectivity index (χ2n) is 3.98. The fourth-order valence-electron chi connectivity index (χ4n) is 2.06. The molecule has 3 heteroatoms. The Labute approximate surface area is 84.1 Å². The number of fused-ring (bicyclic) bond motifs is 1. The summed E-state index contributed by atoms with van der Waals surface area (Å²) < 4.78 is 10.4. The van der Waals surface area contributed by atoms with Gasteiger partial charge < -0.3 is 9.47 Å². The van der Waals surface area contributed by atoms with Gasteiger partial charge >= 0.3 is 5.97 Å². The van der Waals surface area contributed by atoms with Crippen molar-refractivity contribution in [2.24, 2.45) is 5.92 Å². The van der Waals surface area contributed by atoms with Crippen molar-refractivity contribution in [1.82, 2.24) is 0 Å². The molecule has 2 rings (SSSR count). The molecular weight excluding hydrogens is 180 g/mol. The maximum Gasteiger partial charge on any atom is 0.309 e. The first-order chi connectivity index (χ1) is 6.81. The third-order valence-corrected chi connectivity index (χ3v) is 2.96. The minimum Gasteiger partial charge on any atom is -0.461 e. The lowest BCUT2D eigenvalue weighted by atomic mass is 10.0. The molecule has 1 saturated heterocycles. The summed E-state index contributed by atoms with van der Waals surface area (Å²) in [5.41, 5.74) is 0. The van der Waals surface area contributed by atoms with Crippen LogP contribution in [0.3, 0.4) is 0 Å². The number of ether oxygens (including phenoxy) is 2. The molecule has 0 aromatic carbocycles. The van der Waals surface area contributed by atoms with E-state index < -0.39 is 0 Å². The highest BCUT2D eigenvalue weighted by molar-refractivity contribution is 5.72. The minimum absolute atomic E-state index is 0.0637. The zero-order chi connectivity index (χ0) is 9.97. The summed E-state index contributed by atoms with van der Waals surface area (Å²) in [5.74, 6) is 0.0255. The summed E-state index contributed by atoms with van der Waals surface area (Å²) >= 11 is 0. The van der Waals surface area contributed by atoms with E-state index in [1.165, 1.54) is 0 Å². The number of carbonyl (C=O) groups is 1. The summed E-state index contributed by atoms with van der Waals surface area (Å²) in [6.45, 7) is 3.85. The van der Waals surface area contributed by atoms with Gasteiger partial charge in [0.2, 0.25) is 0 Å². The molecule has 0 amide bonds. The average molecular weight is 196 g/mol. The number of carbonyl (C=O) groups excluding carboxylic acids is 1. The molecule has 0 aromatic heterocycles. The van der Waals surface area contributed by atoms with Gasteiger partial charge in [0, 0.05) is 0 Å². The summed E-state index contributed by atoms with van der Waals surface area (Å²) in [4.78, 5) is 11.5. The molecule has 1 heterocycles. The predicted molar refractivity (Wildman–Crippen MR) is 51.8 cm³/mol. The van der Waals surface area contributed by atoms with Crippen LogP contribution in [0.15, 0.2) is 12.7 Å². The highest BCUT2D eigenvalue weighted by atomic mass is 16.6. The molecule has 0 aromatic rings. The third-order valence-electron chi connectivity index (χ3n) is 2.96. The van der Waals surface area contributed by atoms with E-state index in [0.29, 0.717) is 18.8 Å². The fraction of sp³-hybridized carbons (Fsp3) is 0.727. The van der Waals surface area contributed by atoms with E-state index in [0.717, 1.165) is 25.7 Å². The molecule has 2 fully saturated rings. The molecule has 2 atom stereocenters. The number of rotatable bonds is 3. The SMILES string of the molecule is C=CCOC(=O)C1CCC2OC2CC1. The molecule has 0 bridgehead atoms. The van der Waals surface area contributed by atoms with Gasteiger partial charge in [0.15, 0.2) is 0 Å². The third kappa shape index (κ3) is 2.15. The van der Waals surface area contributed by atoms with Crippen LogP contribution in [0.5, 0.6) is 0 Å². The molecule has 3 nitrogen and oxygen atoms in total. The van der Waals surface area contributed by atoms with E-state index in [9.17, 15) is 4.79 Å². The van der Waals surface area contributed by atoms with Gasteiger partial charge in [-0.15, -0.1) is 0 Å². The maximum absolute atomic E-state index is 11.5. The molecule has 14 heavy (non-hydrogen) atoms. The Hall–Kier alpha value is -0.830. The molecule has 2 unspecified atom stereocenters. The lowest BCUT2D eigenvalue weighted by Crippen LogP contribution is -2.17. The molecule has 0 spiro atoms. The highest BCUT2D eigenvalue weighted by Gasteiger charge is 2.42. The largest absolute Gasteiger partial charge is 0.461 e. The molecule has 0 N–H and O–H groups in total. The van der Waals surface area contributed by atoms with E-state index in [2.05, 4.69) is 6.58 Å². The molecule has 1 aliphatic carbocycles. The molecule has 78 valence electrons. The van der Waals surface area contributed by atoms with Crippen LogP contribution in [-0.4, -0.2) is 24.8 Å². The van der Waals surface area contributed by atoms with Gasteiger partial charge in [0.1, 0.15) is 6.61 Å². The Morgan fingerprint density at radius 1 is 1.36 bits per heavy atom. The number of esters is 1. The van der Waals surface area contributed by atoms with Crippen molar-refractivity contribution in [3.63, 3.8) is 0 Å². The summed E-state index contributed by atoms with van der Waals surface area (Å²) in [6, 6.07) is 0. The first kappa shape index (κ1) is 9.71. The second kappa shape index (κ2) is 4.13. The van der Waals surface area contributed by atoms with Crippen molar-refractivity contribution in [2.75, 3.05) is 6.61 Å². The maximum atomic E-state index is 11.5. The zero-order valence-electron chi connectivity index (χ0n) is 8.28. The minimum atomic E-state index is -0.0637. The van der Waals surface area contributed by atoms with E-state index in [1.807, 2.05) is 0 Å². The molecule has 2 aliphatic rings. The van der Waals surface area contributed by atoms with Crippen LogP contribution < -0.4 is 0 Å². The van der Waals surface area contributed by atoms with Crippen LogP contribution in [0.25, 0.3) is 0 Å². The van der Waals surface area contributed by atoms with E-state index in [-0.39, 0.29) is 11.9 Å². The highest BCUT2D eigenvalue weighted by Crippen LogP contribution is 2.37. The predicted octanol–water partition coefficient (Wildman–Crippen LogP) is 1.67. The lowest BCUT2D eigenvalue weighted by Gasteiger charge is -2.12. The Morgan fingerprint density at radius 3 is 2.57 bits per heavy atom. The monoisotopic (exact) mass is 196 g/mol. The number of hydrogen-bond acceptors (Lipinski definition) is 3. The second-order valence-corrected chi connectivity index (χ2v) is 3.98. The molecule has 1 saturated carbocycles. The van der Waals surface area contributed by atoms with Gasteiger partial charge in [-0.1, -0.05) is 12.7 Å². The van der Waals surface area contributed by atoms with Crippen molar-refractivity contribution >= 4 is 5.97 Å². The summed E-state index contributed by atoms with van der Waals surface area (Å²) in [5, 5.41) is 0. The Kier molecular flexibility index (Phi) is 2.87. The van der Waals surface area contributed by atoms with Gasteiger partial charge in [0.25, 0.3) is 0 Å². The van der Waals surface area contributed by atoms with Crippen molar-refractivity contribution in [1.29, 1.82) is 0 Å². The van der Waals surface area contributed by atoms with Gasteiger partial charge in [0.05, 0.1) is 18.1 Å². The van der Waals surface area contributed by atoms with Crippen molar-refractivity contribution in [3.8, 4) is 0 Å². The average Bonchev–Trinajstić information content (AvgIpc) is 2.91. The fourth-order valence-corrected chi connectivity index (χ4v) is 2.06. The standard InChI is InChI=1S/C11H16O3/c1-2-7-13-11(12)8-3-5-9-10(14-9)6-4-8/h2,8-10H,1,3-7H2. The van der Waals surface area contributed by atoms with Crippen LogP contribution in [0, 0.1) is 5.92 Å². The Morgan fingerprint density at radius 2 is 2.00 bits per heavy atom. The summed E-state index contributed by atoms with van der Waals surface area (Å²) in [6.07, 6.45) is 6.33. The van der Waals surface area contributed by atoms with Gasteiger partial charge in [-0.25, -0.2) is 0 Å². The zero-order valence-corrected chi connectivity index (χ0v) is 8.28. The van der Waals surface area contributed by atoms with Crippen molar-refractivity contribution in [3.05, 3.63) is 12.7 Å². The Balaban J connectivity index is 1.78. The topological polar surface area (TPSA) is 38.8 Å².